The van der Waals surface area contributed by atoms with Crippen LogP contribution in [0.25, 0.3) is 17.1 Å². The smallest absolute Gasteiger partial charge is 0.132 e. The van der Waals surface area contributed by atoms with E-state index in [1.807, 2.05) is 11.6 Å². The number of hydrogen-bond acceptors (Lipinski definition) is 1. The van der Waals surface area contributed by atoms with E-state index >= 15 is 0 Å². The van der Waals surface area contributed by atoms with Crippen molar-refractivity contribution in [3.63, 3.8) is 0 Å². The van der Waals surface area contributed by atoms with Gasteiger partial charge in [-0.15, -0.1) is 0 Å². The number of aromatic nitrogens is 2. The molecule has 13 heavy (non-hydrogen) atoms. The summed E-state index contributed by atoms with van der Waals surface area (Å²) in [5.41, 5.74) is 3.43. The molecule has 2 rings (SSSR count). The minimum absolute atomic E-state index is 0.917. The van der Waals surface area contributed by atoms with Crippen molar-refractivity contribution in [1.29, 1.82) is 0 Å². The minimum Gasteiger partial charge on any atom is -0.328 e. The topological polar surface area (TPSA) is 17.8 Å². The molecule has 0 unspecified atom stereocenters. The molecule has 1 aromatic heterocycles. The van der Waals surface area contributed by atoms with Gasteiger partial charge in [0.05, 0.1) is 11.0 Å². The Morgan fingerprint density at radius 2 is 2.23 bits per heavy atom. The van der Waals surface area contributed by atoms with Gasteiger partial charge in [0.25, 0.3) is 0 Å². The molecule has 2 aromatic rings. The molecule has 0 saturated carbocycles. The zero-order valence-corrected chi connectivity index (χ0v) is 7.91. The van der Waals surface area contributed by atoms with Crippen LogP contribution in [0.2, 0.25) is 0 Å². The maximum absolute atomic E-state index is 4.44. The van der Waals surface area contributed by atoms with Crippen LogP contribution in [-0.2, 0) is 7.05 Å². The molecule has 0 radical (unpaired) electrons. The van der Waals surface area contributed by atoms with Crippen molar-refractivity contribution in [1.82, 2.24) is 9.55 Å². The number of rotatable bonds is 1. The Labute approximate surface area is 77.5 Å². The van der Waals surface area contributed by atoms with Gasteiger partial charge in [0.15, 0.2) is 0 Å². The van der Waals surface area contributed by atoms with E-state index in [1.165, 1.54) is 5.56 Å². The standard InChI is InChI=1S/C11H12N2/c1-4-11-12-9-7-8(2)5-6-10(9)13(11)3/h4-7H,1H2,2-3H3. The Kier molecular flexibility index (Phi) is 1.69. The summed E-state index contributed by atoms with van der Waals surface area (Å²) in [5, 5.41) is 0. The summed E-state index contributed by atoms with van der Waals surface area (Å²) >= 11 is 0. The third-order valence-corrected chi connectivity index (χ3v) is 2.25. The predicted octanol–water partition coefficient (Wildman–Crippen LogP) is 2.52. The lowest BCUT2D eigenvalue weighted by Crippen LogP contribution is -1.89. The van der Waals surface area contributed by atoms with Crippen molar-refractivity contribution >= 4 is 17.1 Å². The lowest BCUT2D eigenvalue weighted by atomic mass is 10.2. The van der Waals surface area contributed by atoms with E-state index in [9.17, 15) is 0 Å². The molecule has 0 aliphatic heterocycles. The first-order valence-electron chi connectivity index (χ1n) is 4.28. The van der Waals surface area contributed by atoms with Crippen LogP contribution in [0.4, 0.5) is 0 Å². The summed E-state index contributed by atoms with van der Waals surface area (Å²) < 4.78 is 2.04. The van der Waals surface area contributed by atoms with E-state index in [-0.39, 0.29) is 0 Å². The van der Waals surface area contributed by atoms with Crippen LogP contribution >= 0.6 is 0 Å². The summed E-state index contributed by atoms with van der Waals surface area (Å²) in [4.78, 5) is 4.44. The van der Waals surface area contributed by atoms with Gasteiger partial charge in [-0.25, -0.2) is 4.98 Å². The monoisotopic (exact) mass is 172 g/mol. The Bertz CT molecular complexity index is 466. The fourth-order valence-corrected chi connectivity index (χ4v) is 1.51. The number of fused-ring (bicyclic) bond motifs is 1. The highest BCUT2D eigenvalue weighted by Gasteiger charge is 2.03. The molecule has 2 nitrogen and oxygen atoms in total. The third-order valence-electron chi connectivity index (χ3n) is 2.25. The maximum Gasteiger partial charge on any atom is 0.132 e. The molecular weight excluding hydrogens is 160 g/mol. The third kappa shape index (κ3) is 1.15. The van der Waals surface area contributed by atoms with Gasteiger partial charge in [-0.2, -0.15) is 0 Å². The first-order valence-corrected chi connectivity index (χ1v) is 4.28. The van der Waals surface area contributed by atoms with Crippen LogP contribution in [0.1, 0.15) is 11.4 Å². The first-order chi connectivity index (χ1) is 6.22. The van der Waals surface area contributed by atoms with Gasteiger partial charge in [-0.1, -0.05) is 12.6 Å². The number of hydrogen-bond donors (Lipinski definition) is 0. The van der Waals surface area contributed by atoms with Crippen LogP contribution < -0.4 is 0 Å². The predicted molar refractivity (Wildman–Crippen MR) is 55.5 cm³/mol. The van der Waals surface area contributed by atoms with Crippen molar-refractivity contribution in [2.75, 3.05) is 0 Å². The Balaban J connectivity index is 2.83. The van der Waals surface area contributed by atoms with E-state index < -0.39 is 0 Å². The number of aryl methyl sites for hydroxylation is 2. The SMILES string of the molecule is C=Cc1nc2cc(C)ccc2n1C. The van der Waals surface area contributed by atoms with Gasteiger partial charge >= 0.3 is 0 Å². The van der Waals surface area contributed by atoms with Gasteiger partial charge in [0, 0.05) is 7.05 Å². The van der Waals surface area contributed by atoms with Crippen LogP contribution in [-0.4, -0.2) is 9.55 Å². The summed E-state index contributed by atoms with van der Waals surface area (Å²) in [6.45, 7) is 5.80. The average Bonchev–Trinajstić information content (AvgIpc) is 2.42. The summed E-state index contributed by atoms with van der Waals surface area (Å²) in [5.74, 6) is 0.917. The van der Waals surface area contributed by atoms with E-state index in [4.69, 9.17) is 0 Å². The van der Waals surface area contributed by atoms with Gasteiger partial charge in [0.2, 0.25) is 0 Å². The van der Waals surface area contributed by atoms with Gasteiger partial charge < -0.3 is 4.57 Å². The molecule has 66 valence electrons. The molecule has 1 aromatic carbocycles. The second kappa shape index (κ2) is 2.73. The molecule has 1 heterocycles. The molecule has 0 aliphatic rings. The first kappa shape index (κ1) is 8.05. The Morgan fingerprint density at radius 3 is 2.92 bits per heavy atom. The lowest BCUT2D eigenvalue weighted by molar-refractivity contribution is 0.930. The second-order valence-corrected chi connectivity index (χ2v) is 3.23. The summed E-state index contributed by atoms with van der Waals surface area (Å²) in [6.07, 6.45) is 1.77. The lowest BCUT2D eigenvalue weighted by Gasteiger charge is -1.96. The van der Waals surface area contributed by atoms with Crippen LogP contribution in [0.5, 0.6) is 0 Å². The van der Waals surface area contributed by atoms with Crippen molar-refractivity contribution in [2.45, 2.75) is 6.92 Å². The zero-order chi connectivity index (χ0) is 9.42. The second-order valence-electron chi connectivity index (χ2n) is 3.23. The highest BCUT2D eigenvalue weighted by molar-refractivity contribution is 5.78. The zero-order valence-electron chi connectivity index (χ0n) is 7.91. The van der Waals surface area contributed by atoms with E-state index in [0.717, 1.165) is 16.9 Å². The molecule has 0 bridgehead atoms. The molecule has 2 heteroatoms. The number of nitrogens with zero attached hydrogens (tertiary/aromatic N) is 2. The average molecular weight is 172 g/mol. The molecule has 0 N–H and O–H groups in total. The summed E-state index contributed by atoms with van der Waals surface area (Å²) in [7, 11) is 2.00. The van der Waals surface area contributed by atoms with Gasteiger partial charge in [-0.05, 0) is 30.7 Å². The van der Waals surface area contributed by atoms with Crippen LogP contribution in [0.3, 0.4) is 0 Å². The highest BCUT2D eigenvalue weighted by atomic mass is 15.0. The quantitative estimate of drug-likeness (QED) is 0.646. The molecule has 0 atom stereocenters. The van der Waals surface area contributed by atoms with Crippen molar-refractivity contribution in [3.8, 4) is 0 Å². The normalized spacial score (nSPS) is 10.6. The highest BCUT2D eigenvalue weighted by Crippen LogP contribution is 2.16. The number of benzene rings is 1. The van der Waals surface area contributed by atoms with Crippen molar-refractivity contribution in [3.05, 3.63) is 36.2 Å². The van der Waals surface area contributed by atoms with Crippen LogP contribution in [0.15, 0.2) is 24.8 Å². The molecule has 0 spiro atoms. The van der Waals surface area contributed by atoms with Gasteiger partial charge in [-0.3, -0.25) is 0 Å². The van der Waals surface area contributed by atoms with Crippen molar-refractivity contribution < 1.29 is 0 Å². The molecule has 0 saturated heterocycles. The molecule has 0 fully saturated rings. The molecule has 0 amide bonds. The minimum atomic E-state index is 0.917. The largest absolute Gasteiger partial charge is 0.328 e. The van der Waals surface area contributed by atoms with E-state index in [2.05, 4.69) is 36.7 Å². The van der Waals surface area contributed by atoms with E-state index in [1.54, 1.807) is 6.08 Å². The van der Waals surface area contributed by atoms with Gasteiger partial charge in [0.1, 0.15) is 5.82 Å². The number of imidazole rings is 1. The maximum atomic E-state index is 4.44. The fraction of sp³-hybridized carbons (Fsp3) is 0.182. The Hall–Kier alpha value is -1.57. The van der Waals surface area contributed by atoms with Crippen LogP contribution in [0, 0.1) is 6.92 Å². The molecular formula is C11H12N2. The van der Waals surface area contributed by atoms with Crippen molar-refractivity contribution in [2.24, 2.45) is 7.05 Å². The fourth-order valence-electron chi connectivity index (χ4n) is 1.51. The Morgan fingerprint density at radius 1 is 1.46 bits per heavy atom. The summed E-state index contributed by atoms with van der Waals surface area (Å²) in [6, 6.07) is 6.27. The molecule has 0 aliphatic carbocycles. The van der Waals surface area contributed by atoms with E-state index in [0.29, 0.717) is 0 Å².